The van der Waals surface area contributed by atoms with Gasteiger partial charge in [-0.1, -0.05) is 0 Å². The van der Waals surface area contributed by atoms with Crippen LogP contribution in [-0.2, 0) is 6.54 Å². The van der Waals surface area contributed by atoms with E-state index in [4.69, 9.17) is 4.42 Å². The normalized spacial score (nSPS) is 23.1. The van der Waals surface area contributed by atoms with Crippen LogP contribution >= 0.6 is 15.9 Å². The molecule has 1 aromatic rings. The van der Waals surface area contributed by atoms with Crippen molar-refractivity contribution < 1.29 is 4.42 Å². The highest BCUT2D eigenvalue weighted by Gasteiger charge is 2.21. The predicted molar refractivity (Wildman–Crippen MR) is 72.0 cm³/mol. The summed E-state index contributed by atoms with van der Waals surface area (Å²) in [6.45, 7) is 5.21. The Hall–Kier alpha value is -0.360. The van der Waals surface area contributed by atoms with Gasteiger partial charge in [-0.05, 0) is 36.1 Å². The van der Waals surface area contributed by atoms with Gasteiger partial charge in [0.25, 0.3) is 0 Å². The Balaban J connectivity index is 1.76. The van der Waals surface area contributed by atoms with Crippen LogP contribution < -0.4 is 5.32 Å². The molecule has 0 saturated carbocycles. The third-order valence-corrected chi connectivity index (χ3v) is 4.04. The van der Waals surface area contributed by atoms with Gasteiger partial charge >= 0.3 is 0 Å². The van der Waals surface area contributed by atoms with Gasteiger partial charge in [0, 0.05) is 32.2 Å². The number of nitrogens with zero attached hydrogens (tertiary/aromatic N) is 2. The van der Waals surface area contributed by atoms with E-state index in [9.17, 15) is 0 Å². The Morgan fingerprint density at radius 2 is 2.29 bits per heavy atom. The second-order valence-corrected chi connectivity index (χ2v) is 5.57. The summed E-state index contributed by atoms with van der Waals surface area (Å²) in [7, 11) is 4.38. The van der Waals surface area contributed by atoms with Gasteiger partial charge in [0.05, 0.1) is 17.3 Å². The number of halogens is 1. The molecule has 1 aromatic heterocycles. The monoisotopic (exact) mass is 301 g/mol. The molecular weight excluding hydrogens is 282 g/mol. The number of hydrogen-bond acceptors (Lipinski definition) is 4. The Morgan fingerprint density at radius 3 is 3.00 bits per heavy atom. The number of nitrogens with one attached hydrogen (secondary N) is 1. The minimum absolute atomic E-state index is 0.586. The van der Waals surface area contributed by atoms with E-state index in [1.54, 1.807) is 6.26 Å². The maximum absolute atomic E-state index is 5.37. The molecule has 1 unspecified atom stereocenters. The van der Waals surface area contributed by atoms with Crippen molar-refractivity contribution in [3.63, 3.8) is 0 Å². The van der Waals surface area contributed by atoms with Crippen molar-refractivity contribution in [2.24, 2.45) is 0 Å². The summed E-state index contributed by atoms with van der Waals surface area (Å²) in [5, 5.41) is 3.46. The summed E-state index contributed by atoms with van der Waals surface area (Å²) in [5.74, 6) is 0.969. The minimum Gasteiger partial charge on any atom is -0.467 e. The molecule has 1 aliphatic rings. The van der Waals surface area contributed by atoms with E-state index >= 15 is 0 Å². The van der Waals surface area contributed by atoms with Crippen LogP contribution in [0.4, 0.5) is 0 Å². The van der Waals surface area contributed by atoms with E-state index in [2.05, 4.69) is 45.1 Å². The molecule has 1 N–H and O–H groups in total. The molecule has 0 amide bonds. The van der Waals surface area contributed by atoms with Gasteiger partial charge in [0.2, 0.25) is 0 Å². The Bertz CT molecular complexity index is 355. The van der Waals surface area contributed by atoms with Crippen molar-refractivity contribution in [2.75, 3.05) is 40.3 Å². The van der Waals surface area contributed by atoms with Gasteiger partial charge in [-0.2, -0.15) is 0 Å². The van der Waals surface area contributed by atoms with Crippen LogP contribution in [0.25, 0.3) is 0 Å². The summed E-state index contributed by atoms with van der Waals surface area (Å²) < 4.78 is 6.41. The van der Waals surface area contributed by atoms with E-state index in [1.807, 2.05) is 6.07 Å². The van der Waals surface area contributed by atoms with Crippen LogP contribution in [-0.4, -0.2) is 56.1 Å². The van der Waals surface area contributed by atoms with E-state index < -0.39 is 0 Å². The molecule has 0 aromatic carbocycles. The molecule has 96 valence electrons. The summed E-state index contributed by atoms with van der Waals surface area (Å²) in [6.07, 6.45) is 1.71. The lowest BCUT2D eigenvalue weighted by atomic mass is 10.2. The zero-order valence-corrected chi connectivity index (χ0v) is 12.0. The Kier molecular flexibility index (Phi) is 4.62. The first kappa shape index (κ1) is 13.1. The van der Waals surface area contributed by atoms with Crippen LogP contribution in [0, 0.1) is 0 Å². The smallest absolute Gasteiger partial charge is 0.131 e. The first-order valence-electron chi connectivity index (χ1n) is 5.98. The standard InChI is InChI=1S/C12H20BrN3O/c1-15-4-5-16(2)10(9-15)7-14-8-12-11(13)3-6-17-12/h3,6,10,14H,4-5,7-9H2,1-2H3. The van der Waals surface area contributed by atoms with Crippen LogP contribution in [0.15, 0.2) is 21.2 Å². The number of hydrogen-bond donors (Lipinski definition) is 1. The molecule has 1 saturated heterocycles. The molecule has 1 atom stereocenters. The van der Waals surface area contributed by atoms with Crippen molar-refractivity contribution in [1.82, 2.24) is 15.1 Å². The van der Waals surface area contributed by atoms with Crippen LogP contribution in [0.1, 0.15) is 5.76 Å². The maximum atomic E-state index is 5.37. The van der Waals surface area contributed by atoms with Crippen molar-refractivity contribution in [3.05, 3.63) is 22.6 Å². The molecule has 2 rings (SSSR count). The fourth-order valence-electron chi connectivity index (χ4n) is 2.13. The number of likely N-dealkylation sites (N-methyl/N-ethyl adjacent to an activating group) is 2. The van der Waals surface area contributed by atoms with Crippen LogP contribution in [0.2, 0.25) is 0 Å². The Morgan fingerprint density at radius 1 is 1.47 bits per heavy atom. The van der Waals surface area contributed by atoms with Gasteiger partial charge in [-0.25, -0.2) is 0 Å². The van der Waals surface area contributed by atoms with Crippen molar-refractivity contribution in [3.8, 4) is 0 Å². The average molecular weight is 302 g/mol. The fourth-order valence-corrected chi connectivity index (χ4v) is 2.47. The zero-order chi connectivity index (χ0) is 12.3. The largest absolute Gasteiger partial charge is 0.467 e. The molecular formula is C12H20BrN3O. The first-order chi connectivity index (χ1) is 8.16. The van der Waals surface area contributed by atoms with Crippen LogP contribution in [0.3, 0.4) is 0 Å². The minimum atomic E-state index is 0.586. The molecule has 0 bridgehead atoms. The van der Waals surface area contributed by atoms with E-state index in [0.717, 1.165) is 43.0 Å². The molecule has 1 fully saturated rings. The quantitative estimate of drug-likeness (QED) is 0.910. The lowest BCUT2D eigenvalue weighted by Crippen LogP contribution is -2.53. The summed E-state index contributed by atoms with van der Waals surface area (Å²) >= 11 is 3.46. The molecule has 17 heavy (non-hydrogen) atoms. The molecule has 4 nitrogen and oxygen atoms in total. The van der Waals surface area contributed by atoms with Gasteiger partial charge in [-0.15, -0.1) is 0 Å². The molecule has 0 spiro atoms. The van der Waals surface area contributed by atoms with Gasteiger partial charge in [0.1, 0.15) is 5.76 Å². The topological polar surface area (TPSA) is 31.6 Å². The lowest BCUT2D eigenvalue weighted by Gasteiger charge is -2.37. The molecule has 5 heteroatoms. The molecule has 1 aliphatic heterocycles. The third-order valence-electron chi connectivity index (χ3n) is 3.34. The van der Waals surface area contributed by atoms with Crippen molar-refractivity contribution >= 4 is 15.9 Å². The summed E-state index contributed by atoms with van der Waals surface area (Å²) in [4.78, 5) is 4.80. The van der Waals surface area contributed by atoms with Gasteiger partial charge < -0.3 is 14.6 Å². The zero-order valence-electron chi connectivity index (χ0n) is 10.4. The Labute approximate surface area is 111 Å². The van der Waals surface area contributed by atoms with Crippen molar-refractivity contribution in [1.29, 1.82) is 0 Å². The third kappa shape index (κ3) is 3.55. The van der Waals surface area contributed by atoms with E-state index in [0.29, 0.717) is 6.04 Å². The lowest BCUT2D eigenvalue weighted by molar-refractivity contribution is 0.113. The average Bonchev–Trinajstić information content (AvgIpc) is 2.70. The SMILES string of the molecule is CN1CCN(C)C(CNCc2occc2Br)C1. The van der Waals surface area contributed by atoms with Crippen molar-refractivity contribution in [2.45, 2.75) is 12.6 Å². The molecule has 0 aliphatic carbocycles. The van der Waals surface area contributed by atoms with Gasteiger partial charge in [0.15, 0.2) is 0 Å². The number of rotatable bonds is 4. The molecule has 0 radical (unpaired) electrons. The summed E-state index contributed by atoms with van der Waals surface area (Å²) in [5.41, 5.74) is 0. The summed E-state index contributed by atoms with van der Waals surface area (Å²) in [6, 6.07) is 2.51. The van der Waals surface area contributed by atoms with Crippen LogP contribution in [0.5, 0.6) is 0 Å². The second kappa shape index (κ2) is 6.00. The number of furan rings is 1. The maximum Gasteiger partial charge on any atom is 0.131 e. The van der Waals surface area contributed by atoms with Gasteiger partial charge in [-0.3, -0.25) is 4.90 Å². The van der Waals surface area contributed by atoms with E-state index in [1.165, 1.54) is 0 Å². The predicted octanol–water partition coefficient (Wildman–Crippen LogP) is 1.38. The number of piperazine rings is 1. The first-order valence-corrected chi connectivity index (χ1v) is 6.77. The highest BCUT2D eigenvalue weighted by Crippen LogP contribution is 2.17. The fraction of sp³-hybridized carbons (Fsp3) is 0.667. The highest BCUT2D eigenvalue weighted by molar-refractivity contribution is 9.10. The second-order valence-electron chi connectivity index (χ2n) is 4.72. The molecule has 2 heterocycles. The van der Waals surface area contributed by atoms with E-state index in [-0.39, 0.29) is 0 Å². The highest BCUT2D eigenvalue weighted by atomic mass is 79.9.